The van der Waals surface area contributed by atoms with Crippen molar-refractivity contribution in [2.45, 2.75) is 0 Å². The van der Waals surface area contributed by atoms with E-state index in [2.05, 4.69) is 89.9 Å². The molecule has 0 saturated carbocycles. The molecule has 0 N–H and O–H groups in total. The summed E-state index contributed by atoms with van der Waals surface area (Å²) in [6.07, 6.45) is 1.86. The van der Waals surface area contributed by atoms with E-state index in [0.717, 1.165) is 50.0 Å². The molecule has 0 unspecified atom stereocenters. The molecule has 0 fully saturated rings. The topological polar surface area (TPSA) is 38.7 Å². The van der Waals surface area contributed by atoms with E-state index in [-0.39, 0.29) is 0 Å². The number of nitrogens with zero attached hydrogens (tertiary/aromatic N) is 3. The lowest BCUT2D eigenvalue weighted by atomic mass is 9.96. The van der Waals surface area contributed by atoms with E-state index in [0.29, 0.717) is 0 Å². The van der Waals surface area contributed by atoms with Gasteiger partial charge in [-0.1, -0.05) is 109 Å². The van der Waals surface area contributed by atoms with Gasteiger partial charge in [-0.3, -0.25) is 4.98 Å². The van der Waals surface area contributed by atoms with Gasteiger partial charge in [-0.05, 0) is 28.6 Å². The van der Waals surface area contributed by atoms with Gasteiger partial charge in [-0.25, -0.2) is 9.97 Å². The van der Waals surface area contributed by atoms with Crippen molar-refractivity contribution in [2.24, 2.45) is 0 Å². The Kier molecular flexibility index (Phi) is 4.78. The van der Waals surface area contributed by atoms with Crippen LogP contribution in [0.4, 0.5) is 0 Å². The van der Waals surface area contributed by atoms with Gasteiger partial charge in [0.1, 0.15) is 0 Å². The molecule has 5 aromatic carbocycles. The van der Waals surface area contributed by atoms with E-state index in [4.69, 9.17) is 9.97 Å². The van der Waals surface area contributed by atoms with E-state index in [9.17, 15) is 0 Å². The number of rotatable bonds is 3. The Bertz CT molecular complexity index is 1870. The van der Waals surface area contributed by atoms with Crippen molar-refractivity contribution >= 4 is 32.6 Å². The summed E-state index contributed by atoms with van der Waals surface area (Å²) in [6, 6.07) is 41.9. The molecule has 3 nitrogen and oxygen atoms in total. The summed E-state index contributed by atoms with van der Waals surface area (Å²) >= 11 is 0. The van der Waals surface area contributed by atoms with E-state index in [1.165, 1.54) is 16.3 Å². The average Bonchev–Trinajstić information content (AvgIpc) is 2.97. The Morgan fingerprint density at radius 2 is 1.22 bits per heavy atom. The molecule has 36 heavy (non-hydrogen) atoms. The number of aromatic nitrogens is 3. The van der Waals surface area contributed by atoms with E-state index < -0.39 is 0 Å². The fourth-order valence-corrected chi connectivity index (χ4v) is 4.97. The van der Waals surface area contributed by atoms with Gasteiger partial charge in [0, 0.05) is 33.5 Å². The minimum absolute atomic E-state index is 0.729. The van der Waals surface area contributed by atoms with Gasteiger partial charge >= 0.3 is 0 Å². The number of fused-ring (bicyclic) bond motifs is 4. The Hall–Kier alpha value is -4.89. The minimum atomic E-state index is 0.729. The Balaban J connectivity index is 1.35. The molecule has 0 atom stereocenters. The Morgan fingerprint density at radius 1 is 0.444 bits per heavy atom. The van der Waals surface area contributed by atoms with Crippen molar-refractivity contribution in [3.8, 4) is 33.8 Å². The first kappa shape index (κ1) is 20.5. The van der Waals surface area contributed by atoms with Gasteiger partial charge in [0.15, 0.2) is 5.82 Å². The highest BCUT2D eigenvalue weighted by atomic mass is 14.9. The van der Waals surface area contributed by atoms with Crippen LogP contribution in [0.2, 0.25) is 0 Å². The van der Waals surface area contributed by atoms with Crippen molar-refractivity contribution in [1.82, 2.24) is 15.0 Å². The highest BCUT2D eigenvalue weighted by Crippen LogP contribution is 2.34. The number of pyridine rings is 1. The molecule has 0 spiro atoms. The van der Waals surface area contributed by atoms with Crippen LogP contribution in [-0.2, 0) is 0 Å². The van der Waals surface area contributed by atoms with Crippen LogP contribution in [0.5, 0.6) is 0 Å². The molecule has 0 bridgehead atoms. The molecular weight excluding hydrogens is 438 g/mol. The average molecular weight is 460 g/mol. The second-order valence-electron chi connectivity index (χ2n) is 8.90. The monoisotopic (exact) mass is 459 g/mol. The molecule has 0 radical (unpaired) electrons. The zero-order valence-corrected chi connectivity index (χ0v) is 19.5. The highest BCUT2D eigenvalue weighted by Gasteiger charge is 2.12. The Morgan fingerprint density at radius 3 is 2.11 bits per heavy atom. The normalized spacial score (nSPS) is 11.3. The lowest BCUT2D eigenvalue weighted by Crippen LogP contribution is -1.95. The van der Waals surface area contributed by atoms with Crippen LogP contribution in [-0.4, -0.2) is 15.0 Å². The maximum absolute atomic E-state index is 5.01. The lowest BCUT2D eigenvalue weighted by molar-refractivity contribution is 1.23. The third-order valence-corrected chi connectivity index (χ3v) is 6.73. The molecule has 0 aliphatic heterocycles. The third kappa shape index (κ3) is 3.41. The first-order chi connectivity index (χ1) is 17.8. The van der Waals surface area contributed by atoms with Crippen LogP contribution in [0.3, 0.4) is 0 Å². The van der Waals surface area contributed by atoms with E-state index in [1.807, 2.05) is 42.6 Å². The number of benzene rings is 5. The van der Waals surface area contributed by atoms with Crippen LogP contribution < -0.4 is 0 Å². The zero-order valence-electron chi connectivity index (χ0n) is 19.5. The molecule has 2 aromatic heterocycles. The van der Waals surface area contributed by atoms with Gasteiger partial charge in [0.2, 0.25) is 0 Å². The summed E-state index contributed by atoms with van der Waals surface area (Å²) in [5.41, 5.74) is 7.36. The maximum Gasteiger partial charge on any atom is 0.160 e. The predicted molar refractivity (Wildman–Crippen MR) is 149 cm³/mol. The molecule has 7 aromatic rings. The maximum atomic E-state index is 5.01. The summed E-state index contributed by atoms with van der Waals surface area (Å²) in [5, 5.41) is 4.57. The minimum Gasteiger partial charge on any atom is -0.256 e. The first-order valence-corrected chi connectivity index (χ1v) is 12.0. The smallest absolute Gasteiger partial charge is 0.160 e. The van der Waals surface area contributed by atoms with Crippen LogP contribution in [0.1, 0.15) is 0 Å². The quantitative estimate of drug-likeness (QED) is 0.249. The lowest BCUT2D eigenvalue weighted by Gasteiger charge is -2.11. The second-order valence-corrected chi connectivity index (χ2v) is 8.90. The predicted octanol–water partition coefficient (Wildman–Crippen LogP) is 8.33. The summed E-state index contributed by atoms with van der Waals surface area (Å²) in [6.45, 7) is 0. The van der Waals surface area contributed by atoms with Gasteiger partial charge in [-0.15, -0.1) is 0 Å². The van der Waals surface area contributed by atoms with Gasteiger partial charge in [0.05, 0.1) is 16.7 Å². The van der Waals surface area contributed by atoms with Crippen molar-refractivity contribution < 1.29 is 0 Å². The number of para-hydroxylation sites is 1. The highest BCUT2D eigenvalue weighted by molar-refractivity contribution is 6.10. The molecular formula is C33H21N3. The standard InChI is InChI=1S/C33H21N3/c1-2-8-23(9-3-1)32-29-11-4-5-14-30(29)35-33(36-32)25-17-15-22(16-18-25)26-12-6-13-28-27(26)20-19-24-10-7-21-34-31(24)28/h1-21H. The van der Waals surface area contributed by atoms with Gasteiger partial charge in [0.25, 0.3) is 0 Å². The first-order valence-electron chi connectivity index (χ1n) is 12.0. The van der Waals surface area contributed by atoms with E-state index >= 15 is 0 Å². The number of hydrogen-bond acceptors (Lipinski definition) is 3. The van der Waals surface area contributed by atoms with Crippen molar-refractivity contribution in [2.75, 3.05) is 0 Å². The fourth-order valence-electron chi connectivity index (χ4n) is 4.97. The third-order valence-electron chi connectivity index (χ3n) is 6.73. The second kappa shape index (κ2) is 8.40. The molecule has 7 rings (SSSR count). The molecule has 3 heteroatoms. The SMILES string of the molecule is c1ccc(-c2nc(-c3ccc(-c4cccc5c4ccc4cccnc45)cc3)nc3ccccc23)cc1. The van der Waals surface area contributed by atoms with E-state index in [1.54, 1.807) is 0 Å². The van der Waals surface area contributed by atoms with Crippen LogP contribution in [0.25, 0.3) is 66.4 Å². The Labute approximate surface area is 208 Å². The molecule has 168 valence electrons. The van der Waals surface area contributed by atoms with Gasteiger partial charge in [-0.2, -0.15) is 0 Å². The summed E-state index contributed by atoms with van der Waals surface area (Å²) in [7, 11) is 0. The van der Waals surface area contributed by atoms with Crippen LogP contribution in [0.15, 0.2) is 128 Å². The molecule has 2 heterocycles. The fraction of sp³-hybridized carbons (Fsp3) is 0. The van der Waals surface area contributed by atoms with Crippen molar-refractivity contribution in [1.29, 1.82) is 0 Å². The summed E-state index contributed by atoms with van der Waals surface area (Å²) in [5.74, 6) is 0.729. The van der Waals surface area contributed by atoms with Crippen molar-refractivity contribution in [3.63, 3.8) is 0 Å². The molecule has 0 aliphatic carbocycles. The number of hydrogen-bond donors (Lipinski definition) is 0. The summed E-state index contributed by atoms with van der Waals surface area (Å²) < 4.78 is 0. The van der Waals surface area contributed by atoms with Crippen LogP contribution in [0, 0.1) is 0 Å². The molecule has 0 amide bonds. The summed E-state index contributed by atoms with van der Waals surface area (Å²) in [4.78, 5) is 14.5. The largest absolute Gasteiger partial charge is 0.256 e. The molecule has 0 aliphatic rings. The van der Waals surface area contributed by atoms with Crippen LogP contribution >= 0.6 is 0 Å². The molecule has 0 saturated heterocycles. The van der Waals surface area contributed by atoms with Crippen molar-refractivity contribution in [3.05, 3.63) is 128 Å². The van der Waals surface area contributed by atoms with Gasteiger partial charge < -0.3 is 0 Å². The zero-order chi connectivity index (χ0) is 23.9.